The third kappa shape index (κ3) is 2.35. The van der Waals surface area contributed by atoms with Crippen LogP contribution in [0.2, 0.25) is 0 Å². The van der Waals surface area contributed by atoms with E-state index in [4.69, 9.17) is 16.3 Å². The third-order valence-corrected chi connectivity index (χ3v) is 2.26. The Hall–Kier alpha value is -0.280. The molecule has 70 valence electrons. The third-order valence-electron chi connectivity index (χ3n) is 2.07. The van der Waals surface area contributed by atoms with Crippen LogP contribution >= 0.6 is 11.6 Å². The zero-order valence-electron chi connectivity index (χ0n) is 7.34. The molecule has 4 heteroatoms. The Kier molecular flexibility index (Phi) is 3.35. The number of alkyl halides is 1. The first-order valence-electron chi connectivity index (χ1n) is 4.17. The summed E-state index contributed by atoms with van der Waals surface area (Å²) in [6.45, 7) is 4.34. The van der Waals surface area contributed by atoms with Crippen LogP contribution in [-0.4, -0.2) is 30.0 Å². The number of amides is 1. The van der Waals surface area contributed by atoms with Crippen LogP contribution in [0.1, 0.15) is 20.3 Å². The molecule has 0 radical (unpaired) electrons. The van der Waals surface area contributed by atoms with E-state index in [0.29, 0.717) is 0 Å². The molecule has 3 nitrogen and oxygen atoms in total. The highest BCUT2D eigenvalue weighted by atomic mass is 35.5. The van der Waals surface area contributed by atoms with Gasteiger partial charge in [-0.3, -0.25) is 4.79 Å². The van der Waals surface area contributed by atoms with Gasteiger partial charge in [0.05, 0.1) is 12.1 Å². The van der Waals surface area contributed by atoms with Crippen molar-refractivity contribution in [3.63, 3.8) is 0 Å². The van der Waals surface area contributed by atoms with Crippen molar-refractivity contribution in [3.05, 3.63) is 0 Å². The van der Waals surface area contributed by atoms with Gasteiger partial charge in [-0.25, -0.2) is 0 Å². The van der Waals surface area contributed by atoms with Crippen molar-refractivity contribution in [2.45, 2.75) is 37.8 Å². The average molecular weight is 192 g/mol. The standard InChI is InChI=1S/C8H14ClNO2/c1-5(9)8(11)10-7-3-4-12-6(7)2/h5-7H,3-4H2,1-2H3,(H,10,11). The molecule has 3 unspecified atom stereocenters. The summed E-state index contributed by atoms with van der Waals surface area (Å²) in [5, 5.41) is 2.37. The lowest BCUT2D eigenvalue weighted by Crippen LogP contribution is -2.42. The Morgan fingerprint density at radius 2 is 2.42 bits per heavy atom. The maximum Gasteiger partial charge on any atom is 0.238 e. The van der Waals surface area contributed by atoms with Crippen LogP contribution in [0.5, 0.6) is 0 Å². The Labute approximate surface area is 77.4 Å². The van der Waals surface area contributed by atoms with Crippen molar-refractivity contribution >= 4 is 17.5 Å². The molecular formula is C8H14ClNO2. The van der Waals surface area contributed by atoms with Gasteiger partial charge in [0.15, 0.2) is 0 Å². The van der Waals surface area contributed by atoms with E-state index in [-0.39, 0.29) is 18.1 Å². The first kappa shape index (κ1) is 9.81. The van der Waals surface area contributed by atoms with Crippen molar-refractivity contribution in [2.24, 2.45) is 0 Å². The van der Waals surface area contributed by atoms with Crippen LogP contribution < -0.4 is 5.32 Å². The van der Waals surface area contributed by atoms with E-state index < -0.39 is 5.38 Å². The fraction of sp³-hybridized carbons (Fsp3) is 0.875. The van der Waals surface area contributed by atoms with Crippen LogP contribution in [0, 0.1) is 0 Å². The maximum absolute atomic E-state index is 11.1. The fourth-order valence-corrected chi connectivity index (χ4v) is 1.28. The van der Waals surface area contributed by atoms with E-state index >= 15 is 0 Å². The molecular weight excluding hydrogens is 178 g/mol. The highest BCUT2D eigenvalue weighted by Gasteiger charge is 2.26. The number of carbonyl (C=O) groups is 1. The molecule has 1 heterocycles. The molecule has 3 atom stereocenters. The second-order valence-corrected chi connectivity index (χ2v) is 3.75. The van der Waals surface area contributed by atoms with Gasteiger partial charge in [-0.2, -0.15) is 0 Å². The van der Waals surface area contributed by atoms with E-state index in [1.165, 1.54) is 0 Å². The molecule has 1 aliphatic heterocycles. The minimum Gasteiger partial charge on any atom is -0.376 e. The zero-order valence-corrected chi connectivity index (χ0v) is 8.10. The second-order valence-electron chi connectivity index (χ2n) is 3.10. The molecule has 12 heavy (non-hydrogen) atoms. The smallest absolute Gasteiger partial charge is 0.238 e. The molecule has 1 fully saturated rings. The van der Waals surface area contributed by atoms with Crippen LogP contribution in [0.15, 0.2) is 0 Å². The van der Waals surface area contributed by atoms with Gasteiger partial charge in [-0.05, 0) is 20.3 Å². The van der Waals surface area contributed by atoms with Crippen molar-refractivity contribution < 1.29 is 9.53 Å². The minimum absolute atomic E-state index is 0.112. The number of rotatable bonds is 2. The second kappa shape index (κ2) is 4.10. The van der Waals surface area contributed by atoms with Gasteiger partial charge < -0.3 is 10.1 Å². The Bertz CT molecular complexity index is 172. The van der Waals surface area contributed by atoms with E-state index in [1.54, 1.807) is 6.92 Å². The van der Waals surface area contributed by atoms with E-state index in [1.807, 2.05) is 6.92 Å². The molecule has 0 spiro atoms. The van der Waals surface area contributed by atoms with Gasteiger partial charge in [0.2, 0.25) is 5.91 Å². The summed E-state index contributed by atoms with van der Waals surface area (Å²) in [6.07, 6.45) is 1.00. The summed E-state index contributed by atoms with van der Waals surface area (Å²) in [5.74, 6) is -0.112. The maximum atomic E-state index is 11.1. The molecule has 1 saturated heterocycles. The average Bonchev–Trinajstić information content (AvgIpc) is 2.36. The molecule has 0 aromatic carbocycles. The largest absolute Gasteiger partial charge is 0.376 e. The predicted molar refractivity (Wildman–Crippen MR) is 47.3 cm³/mol. The fourth-order valence-electron chi connectivity index (χ4n) is 1.22. The first-order valence-corrected chi connectivity index (χ1v) is 4.61. The normalized spacial score (nSPS) is 31.6. The summed E-state index contributed by atoms with van der Waals surface area (Å²) in [6, 6.07) is 0.138. The predicted octanol–water partition coefficient (Wildman–Crippen LogP) is 0.907. The number of nitrogens with one attached hydrogen (secondary N) is 1. The lowest BCUT2D eigenvalue weighted by Gasteiger charge is -2.16. The van der Waals surface area contributed by atoms with Gasteiger partial charge in [0.25, 0.3) is 0 Å². The van der Waals surface area contributed by atoms with Gasteiger partial charge in [0.1, 0.15) is 5.38 Å². The van der Waals surface area contributed by atoms with Crippen LogP contribution in [0.4, 0.5) is 0 Å². The molecule has 0 saturated carbocycles. The quantitative estimate of drug-likeness (QED) is 0.659. The summed E-state index contributed by atoms with van der Waals surface area (Å²) in [5.41, 5.74) is 0. The Morgan fingerprint density at radius 3 is 2.83 bits per heavy atom. The Morgan fingerprint density at radius 1 is 1.75 bits per heavy atom. The van der Waals surface area contributed by atoms with Crippen molar-refractivity contribution in [2.75, 3.05) is 6.61 Å². The van der Waals surface area contributed by atoms with Crippen LogP contribution in [-0.2, 0) is 9.53 Å². The summed E-state index contributed by atoms with van der Waals surface area (Å²) >= 11 is 5.60. The lowest BCUT2D eigenvalue weighted by atomic mass is 10.1. The van der Waals surface area contributed by atoms with Gasteiger partial charge >= 0.3 is 0 Å². The zero-order chi connectivity index (χ0) is 9.14. The summed E-state index contributed by atoms with van der Waals surface area (Å²) < 4.78 is 5.29. The van der Waals surface area contributed by atoms with Crippen LogP contribution in [0.3, 0.4) is 0 Å². The molecule has 1 aliphatic rings. The first-order chi connectivity index (χ1) is 5.61. The molecule has 0 bridgehead atoms. The van der Waals surface area contributed by atoms with Crippen molar-refractivity contribution in [1.82, 2.24) is 5.32 Å². The highest BCUT2D eigenvalue weighted by molar-refractivity contribution is 6.30. The van der Waals surface area contributed by atoms with Gasteiger partial charge in [-0.15, -0.1) is 11.6 Å². The molecule has 0 aromatic rings. The number of ether oxygens (including phenoxy) is 1. The van der Waals surface area contributed by atoms with Crippen LogP contribution in [0.25, 0.3) is 0 Å². The molecule has 1 rings (SSSR count). The molecule has 0 aromatic heterocycles. The Balaban J connectivity index is 2.35. The highest BCUT2D eigenvalue weighted by Crippen LogP contribution is 2.12. The lowest BCUT2D eigenvalue weighted by molar-refractivity contribution is -0.121. The molecule has 0 aliphatic carbocycles. The molecule has 1 N–H and O–H groups in total. The monoisotopic (exact) mass is 191 g/mol. The number of hydrogen-bond acceptors (Lipinski definition) is 2. The van der Waals surface area contributed by atoms with Gasteiger partial charge in [0, 0.05) is 6.61 Å². The summed E-state index contributed by atoms with van der Waals surface area (Å²) in [7, 11) is 0. The number of halogens is 1. The minimum atomic E-state index is -0.460. The van der Waals surface area contributed by atoms with E-state index in [0.717, 1.165) is 13.0 Å². The van der Waals surface area contributed by atoms with Crippen molar-refractivity contribution in [1.29, 1.82) is 0 Å². The number of hydrogen-bond donors (Lipinski definition) is 1. The van der Waals surface area contributed by atoms with Crippen molar-refractivity contribution in [3.8, 4) is 0 Å². The van der Waals surface area contributed by atoms with E-state index in [2.05, 4.69) is 5.32 Å². The topological polar surface area (TPSA) is 38.3 Å². The van der Waals surface area contributed by atoms with Gasteiger partial charge in [-0.1, -0.05) is 0 Å². The SMILES string of the molecule is CC(Cl)C(=O)NC1CCOC1C. The summed E-state index contributed by atoms with van der Waals surface area (Å²) in [4.78, 5) is 11.1. The number of carbonyl (C=O) groups excluding carboxylic acids is 1. The molecule has 1 amide bonds. The van der Waals surface area contributed by atoms with E-state index in [9.17, 15) is 4.79 Å².